The highest BCUT2D eigenvalue weighted by Gasteiger charge is 2.18. The summed E-state index contributed by atoms with van der Waals surface area (Å²) in [6.07, 6.45) is 4.84. The Morgan fingerprint density at radius 2 is 1.60 bits per heavy atom. The van der Waals surface area contributed by atoms with Crippen LogP contribution in [0.3, 0.4) is 0 Å². The Kier molecular flexibility index (Phi) is 7.17. The fourth-order valence-electron chi connectivity index (χ4n) is 3.35. The van der Waals surface area contributed by atoms with Gasteiger partial charge in [-0.2, -0.15) is 0 Å². The minimum atomic E-state index is -0.154. The maximum Gasteiger partial charge on any atom is 0.251 e. The molecule has 2 atom stereocenters. The monoisotopic (exact) mass is 397 g/mol. The van der Waals surface area contributed by atoms with E-state index < -0.39 is 0 Å². The summed E-state index contributed by atoms with van der Waals surface area (Å²) < 4.78 is 0. The zero-order valence-corrected chi connectivity index (χ0v) is 17.1. The van der Waals surface area contributed by atoms with E-state index in [9.17, 15) is 4.79 Å². The van der Waals surface area contributed by atoms with Crippen LogP contribution in [-0.2, 0) is 6.42 Å². The van der Waals surface area contributed by atoms with Gasteiger partial charge in [0, 0.05) is 11.1 Å². The third-order valence-corrected chi connectivity index (χ3v) is 5.04. The van der Waals surface area contributed by atoms with Gasteiger partial charge in [0.15, 0.2) is 0 Å². The molecule has 30 heavy (non-hydrogen) atoms. The average Bonchev–Trinajstić information content (AvgIpc) is 2.77. The van der Waals surface area contributed by atoms with E-state index in [1.54, 1.807) is 0 Å². The molecule has 0 aliphatic rings. The summed E-state index contributed by atoms with van der Waals surface area (Å²) in [7, 11) is 0. The van der Waals surface area contributed by atoms with Gasteiger partial charge in [0.2, 0.25) is 0 Å². The molecule has 152 valence electrons. The van der Waals surface area contributed by atoms with Crippen molar-refractivity contribution < 1.29 is 4.79 Å². The Morgan fingerprint density at radius 1 is 0.967 bits per heavy atom. The van der Waals surface area contributed by atoms with E-state index in [2.05, 4.69) is 18.3 Å². The third kappa shape index (κ3) is 5.92. The number of hydrogen-bond acceptors (Lipinski definition) is 2. The molecular formula is C26H27N3O. The second-order valence-corrected chi connectivity index (χ2v) is 7.43. The van der Waals surface area contributed by atoms with E-state index in [-0.39, 0.29) is 23.7 Å². The van der Waals surface area contributed by atoms with Crippen molar-refractivity contribution in [1.29, 1.82) is 5.41 Å². The van der Waals surface area contributed by atoms with Gasteiger partial charge in [0.1, 0.15) is 5.84 Å². The van der Waals surface area contributed by atoms with Gasteiger partial charge in [0.05, 0.1) is 6.04 Å². The lowest BCUT2D eigenvalue weighted by molar-refractivity contribution is 0.0935. The number of carbonyl (C=O) groups excluding carboxylic acids is 1. The molecule has 0 aliphatic carbocycles. The number of hydrogen-bond donors (Lipinski definition) is 3. The van der Waals surface area contributed by atoms with E-state index >= 15 is 0 Å². The van der Waals surface area contributed by atoms with Crippen molar-refractivity contribution in [2.45, 2.75) is 19.4 Å². The SMILES string of the molecule is CC(Cc1cccc(C(=N)N)c1)C(/C=C/c1ccccc1)NC(=O)c1ccccc1. The quantitative estimate of drug-likeness (QED) is 0.382. The predicted octanol–water partition coefficient (Wildman–Crippen LogP) is 4.66. The van der Waals surface area contributed by atoms with E-state index in [0.717, 1.165) is 17.5 Å². The largest absolute Gasteiger partial charge is 0.384 e. The van der Waals surface area contributed by atoms with Gasteiger partial charge in [-0.05, 0) is 41.7 Å². The van der Waals surface area contributed by atoms with Crippen LogP contribution in [0, 0.1) is 11.3 Å². The molecule has 0 aromatic heterocycles. The van der Waals surface area contributed by atoms with Gasteiger partial charge < -0.3 is 11.1 Å². The fourth-order valence-corrected chi connectivity index (χ4v) is 3.35. The number of amides is 1. The number of nitrogen functional groups attached to an aromatic ring is 1. The summed E-state index contributed by atoms with van der Waals surface area (Å²) in [5.41, 5.74) is 9.15. The molecule has 0 fully saturated rings. The average molecular weight is 398 g/mol. The van der Waals surface area contributed by atoms with E-state index in [4.69, 9.17) is 11.1 Å². The van der Waals surface area contributed by atoms with Gasteiger partial charge in [-0.3, -0.25) is 10.2 Å². The molecule has 0 saturated carbocycles. The number of rotatable bonds is 8. The van der Waals surface area contributed by atoms with Crippen molar-refractivity contribution >= 4 is 17.8 Å². The Labute approximate surface area is 178 Å². The first-order valence-electron chi connectivity index (χ1n) is 10.1. The lowest BCUT2D eigenvalue weighted by Crippen LogP contribution is -2.38. The zero-order valence-electron chi connectivity index (χ0n) is 17.1. The van der Waals surface area contributed by atoms with Gasteiger partial charge in [-0.25, -0.2) is 0 Å². The molecule has 3 aromatic carbocycles. The number of nitrogens with one attached hydrogen (secondary N) is 2. The first kappa shape index (κ1) is 21.1. The summed E-state index contributed by atoms with van der Waals surface area (Å²) in [5.74, 6) is 0.102. The van der Waals surface area contributed by atoms with E-state index in [1.165, 1.54) is 0 Å². The first-order chi connectivity index (χ1) is 14.5. The molecule has 4 nitrogen and oxygen atoms in total. The standard InChI is InChI=1S/C26H27N3O/c1-19(17-21-11-8-14-23(18-21)25(27)28)24(16-15-20-9-4-2-5-10-20)29-26(30)22-12-6-3-7-13-22/h2-16,18-19,24H,17H2,1H3,(H3,27,28)(H,29,30)/b16-15+. The molecule has 0 heterocycles. The van der Waals surface area contributed by atoms with E-state index in [0.29, 0.717) is 11.1 Å². The Balaban J connectivity index is 1.80. The lowest BCUT2D eigenvalue weighted by atomic mass is 9.92. The van der Waals surface area contributed by atoms with Gasteiger partial charge in [-0.15, -0.1) is 0 Å². The molecule has 4 heteroatoms. The summed E-state index contributed by atoms with van der Waals surface area (Å²) in [5, 5.41) is 10.8. The third-order valence-electron chi connectivity index (χ3n) is 5.04. The molecule has 2 unspecified atom stereocenters. The number of amidine groups is 1. The molecule has 3 aromatic rings. The maximum atomic E-state index is 12.8. The van der Waals surface area contributed by atoms with Crippen LogP contribution < -0.4 is 11.1 Å². The summed E-state index contributed by atoms with van der Waals surface area (Å²) in [4.78, 5) is 12.8. The van der Waals surface area contributed by atoms with Crippen LogP contribution in [0.25, 0.3) is 6.08 Å². The van der Waals surface area contributed by atoms with Gasteiger partial charge in [0.25, 0.3) is 5.91 Å². The highest BCUT2D eigenvalue weighted by Crippen LogP contribution is 2.17. The van der Waals surface area contributed by atoms with Crippen molar-refractivity contribution in [2.75, 3.05) is 0 Å². The highest BCUT2D eigenvalue weighted by molar-refractivity contribution is 5.95. The van der Waals surface area contributed by atoms with Crippen LogP contribution in [0.4, 0.5) is 0 Å². The Bertz CT molecular complexity index is 1010. The lowest BCUT2D eigenvalue weighted by Gasteiger charge is -2.23. The second kappa shape index (κ2) is 10.2. The van der Waals surface area contributed by atoms with E-state index in [1.807, 2.05) is 91.0 Å². The van der Waals surface area contributed by atoms with Crippen LogP contribution >= 0.6 is 0 Å². The van der Waals surface area contributed by atoms with Crippen molar-refractivity contribution in [3.63, 3.8) is 0 Å². The minimum Gasteiger partial charge on any atom is -0.384 e. The van der Waals surface area contributed by atoms with Crippen LogP contribution in [0.2, 0.25) is 0 Å². The summed E-state index contributed by atoms with van der Waals surface area (Å²) in [6.45, 7) is 2.12. The van der Waals surface area contributed by atoms with Crippen LogP contribution in [0.5, 0.6) is 0 Å². The Morgan fingerprint density at radius 3 is 2.27 bits per heavy atom. The number of benzene rings is 3. The normalized spacial score (nSPS) is 13.0. The molecule has 0 bridgehead atoms. The van der Waals surface area contributed by atoms with Gasteiger partial charge >= 0.3 is 0 Å². The molecule has 4 N–H and O–H groups in total. The maximum absolute atomic E-state index is 12.8. The highest BCUT2D eigenvalue weighted by atomic mass is 16.1. The van der Waals surface area contributed by atoms with Gasteiger partial charge in [-0.1, -0.05) is 85.8 Å². The van der Waals surface area contributed by atoms with Crippen molar-refractivity contribution in [3.8, 4) is 0 Å². The summed E-state index contributed by atoms with van der Waals surface area (Å²) in [6, 6.07) is 26.8. The van der Waals surface area contributed by atoms with Crippen LogP contribution in [-0.4, -0.2) is 17.8 Å². The molecule has 1 amide bonds. The molecule has 3 rings (SSSR count). The zero-order chi connectivity index (χ0) is 21.3. The first-order valence-corrected chi connectivity index (χ1v) is 10.1. The van der Waals surface area contributed by atoms with Crippen molar-refractivity contribution in [1.82, 2.24) is 5.32 Å². The molecule has 0 saturated heterocycles. The number of carbonyl (C=O) groups is 1. The molecular weight excluding hydrogens is 370 g/mol. The molecule has 0 aliphatic heterocycles. The van der Waals surface area contributed by atoms with Crippen molar-refractivity contribution in [2.24, 2.45) is 11.7 Å². The predicted molar refractivity (Wildman–Crippen MR) is 123 cm³/mol. The number of nitrogens with two attached hydrogens (primary N) is 1. The fraction of sp³-hybridized carbons (Fsp3) is 0.154. The van der Waals surface area contributed by atoms with Crippen LogP contribution in [0.1, 0.15) is 34.0 Å². The smallest absolute Gasteiger partial charge is 0.251 e. The topological polar surface area (TPSA) is 79.0 Å². The summed E-state index contributed by atoms with van der Waals surface area (Å²) >= 11 is 0. The molecule has 0 radical (unpaired) electrons. The van der Waals surface area contributed by atoms with Crippen molar-refractivity contribution in [3.05, 3.63) is 113 Å². The second-order valence-electron chi connectivity index (χ2n) is 7.43. The molecule has 0 spiro atoms. The minimum absolute atomic E-state index is 0.0578. The Hall–Kier alpha value is -3.66. The van der Waals surface area contributed by atoms with Crippen LogP contribution in [0.15, 0.2) is 91.0 Å².